The second-order valence-corrected chi connectivity index (χ2v) is 7.51. The predicted octanol–water partition coefficient (Wildman–Crippen LogP) is 2.17. The molecule has 0 amide bonds. The zero-order valence-corrected chi connectivity index (χ0v) is 12.3. The highest BCUT2D eigenvalue weighted by atomic mass is 31.3. The number of rotatable bonds is 8. The van der Waals surface area contributed by atoms with E-state index in [2.05, 4.69) is 22.2 Å². The first-order valence-electron chi connectivity index (χ1n) is 4.19. The highest BCUT2D eigenvalue weighted by Gasteiger charge is 2.44. The lowest BCUT2D eigenvalue weighted by Crippen LogP contribution is -1.98. The van der Waals surface area contributed by atoms with Crippen LogP contribution in [-0.2, 0) is 35.9 Å². The Morgan fingerprint density at radius 3 is 1.78 bits per heavy atom. The molecule has 0 aliphatic carbocycles. The maximum absolute atomic E-state index is 11.8. The van der Waals surface area contributed by atoms with Gasteiger partial charge >= 0.3 is 23.5 Å². The summed E-state index contributed by atoms with van der Waals surface area (Å²) in [6.07, 6.45) is 2.00. The SMILES string of the molecule is CC=COP(=O)(OP(=O)(O)O)OP(=O)(OC)OC. The maximum atomic E-state index is 11.8. The van der Waals surface area contributed by atoms with Crippen molar-refractivity contribution >= 4 is 23.5 Å². The molecule has 10 nitrogen and oxygen atoms in total. The molecule has 0 heterocycles. The van der Waals surface area contributed by atoms with Crippen LogP contribution in [0.25, 0.3) is 0 Å². The normalized spacial score (nSPS) is 16.7. The second kappa shape index (κ2) is 6.96. The zero-order valence-electron chi connectivity index (χ0n) is 9.66. The molecule has 0 rings (SSSR count). The molecule has 108 valence electrons. The van der Waals surface area contributed by atoms with E-state index in [-0.39, 0.29) is 0 Å². The van der Waals surface area contributed by atoms with E-state index in [1.165, 1.54) is 13.0 Å². The Morgan fingerprint density at radius 2 is 1.44 bits per heavy atom. The minimum absolute atomic E-state index is 0.770. The summed E-state index contributed by atoms with van der Waals surface area (Å²) in [5.41, 5.74) is 0. The quantitative estimate of drug-likeness (QED) is 0.504. The van der Waals surface area contributed by atoms with Crippen LogP contribution in [0.2, 0.25) is 0 Å². The van der Waals surface area contributed by atoms with Crippen LogP contribution >= 0.6 is 23.5 Å². The minimum Gasteiger partial charge on any atom is -0.412 e. The Labute approximate surface area is 103 Å². The van der Waals surface area contributed by atoms with Gasteiger partial charge in [0.05, 0.1) is 6.26 Å². The second-order valence-electron chi connectivity index (χ2n) is 2.49. The first-order valence-corrected chi connectivity index (χ1v) is 8.64. The van der Waals surface area contributed by atoms with E-state index in [1.54, 1.807) is 0 Å². The lowest BCUT2D eigenvalue weighted by atomic mass is 10.8. The molecule has 18 heavy (non-hydrogen) atoms. The van der Waals surface area contributed by atoms with Crippen molar-refractivity contribution in [2.75, 3.05) is 14.2 Å². The Hall–Kier alpha value is -0.0100. The molecule has 0 bridgehead atoms. The van der Waals surface area contributed by atoms with E-state index in [9.17, 15) is 13.7 Å². The van der Waals surface area contributed by atoms with Crippen LogP contribution in [0.15, 0.2) is 12.3 Å². The van der Waals surface area contributed by atoms with Gasteiger partial charge in [-0.1, -0.05) is 6.08 Å². The van der Waals surface area contributed by atoms with Gasteiger partial charge in [0.1, 0.15) is 0 Å². The summed E-state index contributed by atoms with van der Waals surface area (Å²) < 4.78 is 55.0. The molecule has 0 aromatic carbocycles. The predicted molar refractivity (Wildman–Crippen MR) is 59.3 cm³/mol. The smallest absolute Gasteiger partial charge is 0.412 e. The topological polar surface area (TPSA) is 138 Å². The third-order valence-corrected chi connectivity index (χ3v) is 5.70. The lowest BCUT2D eigenvalue weighted by molar-refractivity contribution is 0.170. The molecular weight excluding hydrogens is 313 g/mol. The van der Waals surface area contributed by atoms with Crippen molar-refractivity contribution in [2.45, 2.75) is 6.92 Å². The van der Waals surface area contributed by atoms with Crippen LogP contribution in [0.5, 0.6) is 0 Å². The van der Waals surface area contributed by atoms with Gasteiger partial charge in [-0.15, -0.1) is 0 Å². The maximum Gasteiger partial charge on any atom is 0.547 e. The molecule has 0 aliphatic heterocycles. The molecular formula is C5H13O10P3. The van der Waals surface area contributed by atoms with Crippen molar-refractivity contribution in [2.24, 2.45) is 0 Å². The fourth-order valence-electron chi connectivity index (χ4n) is 0.583. The van der Waals surface area contributed by atoms with Gasteiger partial charge in [-0.2, -0.15) is 8.62 Å². The van der Waals surface area contributed by atoms with Crippen LogP contribution in [-0.4, -0.2) is 24.0 Å². The van der Waals surface area contributed by atoms with Gasteiger partial charge in [0.25, 0.3) is 0 Å². The van der Waals surface area contributed by atoms with Crippen molar-refractivity contribution in [1.29, 1.82) is 0 Å². The molecule has 13 heteroatoms. The number of phosphoric acid groups is 3. The Kier molecular flexibility index (Phi) is 6.95. The minimum atomic E-state index is -5.21. The molecule has 0 saturated carbocycles. The molecule has 0 spiro atoms. The van der Waals surface area contributed by atoms with Crippen molar-refractivity contribution in [3.8, 4) is 0 Å². The monoisotopic (exact) mass is 326 g/mol. The van der Waals surface area contributed by atoms with Gasteiger partial charge in [0.15, 0.2) is 0 Å². The summed E-state index contributed by atoms with van der Waals surface area (Å²) in [6.45, 7) is 1.45. The molecule has 0 aromatic rings. The third kappa shape index (κ3) is 6.80. The number of phosphoric ester groups is 1. The van der Waals surface area contributed by atoms with E-state index in [0.29, 0.717) is 0 Å². The fraction of sp³-hybridized carbons (Fsp3) is 0.600. The van der Waals surface area contributed by atoms with E-state index >= 15 is 0 Å². The van der Waals surface area contributed by atoms with E-state index in [1.807, 2.05) is 0 Å². The van der Waals surface area contributed by atoms with Crippen LogP contribution < -0.4 is 0 Å². The molecule has 1 atom stereocenters. The van der Waals surface area contributed by atoms with Gasteiger partial charge in [0.2, 0.25) is 0 Å². The Bertz CT molecular complexity index is 415. The van der Waals surface area contributed by atoms with Crippen molar-refractivity contribution < 1.29 is 45.7 Å². The summed E-state index contributed by atoms with van der Waals surface area (Å²) >= 11 is 0. The molecule has 0 saturated heterocycles. The molecule has 0 fully saturated rings. The average Bonchev–Trinajstić information content (AvgIpc) is 2.23. The molecule has 1 unspecified atom stereocenters. The third-order valence-electron chi connectivity index (χ3n) is 1.18. The van der Waals surface area contributed by atoms with Gasteiger partial charge < -0.3 is 14.3 Å². The van der Waals surface area contributed by atoms with Crippen LogP contribution in [0.1, 0.15) is 6.92 Å². The molecule has 0 aliphatic rings. The zero-order chi connectivity index (χ0) is 14.4. The van der Waals surface area contributed by atoms with Crippen LogP contribution in [0.4, 0.5) is 0 Å². The highest BCUT2D eigenvalue weighted by Crippen LogP contribution is 2.70. The van der Waals surface area contributed by atoms with Crippen molar-refractivity contribution in [3.63, 3.8) is 0 Å². The number of allylic oxidation sites excluding steroid dienone is 1. The standard InChI is InChI=1S/C5H13O10P3/c1-4-5-13-18(10,14-16(6,7)8)15-17(9,11-2)12-3/h4-5H,1-3H3,(H2,6,7,8). The van der Waals surface area contributed by atoms with E-state index in [0.717, 1.165) is 20.5 Å². The molecule has 0 aromatic heterocycles. The molecule has 0 radical (unpaired) electrons. The van der Waals surface area contributed by atoms with Crippen LogP contribution in [0.3, 0.4) is 0 Å². The van der Waals surface area contributed by atoms with Gasteiger partial charge in [-0.05, 0) is 6.92 Å². The summed E-state index contributed by atoms with van der Waals surface area (Å²) in [4.78, 5) is 17.1. The van der Waals surface area contributed by atoms with Gasteiger partial charge in [-0.3, -0.25) is 9.05 Å². The highest BCUT2D eigenvalue weighted by molar-refractivity contribution is 7.67. The van der Waals surface area contributed by atoms with E-state index in [4.69, 9.17) is 9.79 Å². The average molecular weight is 326 g/mol. The largest absolute Gasteiger partial charge is 0.547 e. The summed E-state index contributed by atoms with van der Waals surface area (Å²) in [5.74, 6) is 0. The van der Waals surface area contributed by atoms with E-state index < -0.39 is 23.5 Å². The number of hydrogen-bond acceptors (Lipinski definition) is 8. The first kappa shape index (κ1) is 18.0. The summed E-state index contributed by atoms with van der Waals surface area (Å²) in [5, 5.41) is 0. The summed E-state index contributed by atoms with van der Waals surface area (Å²) in [7, 11) is -12.6. The fourth-order valence-corrected chi connectivity index (χ4v) is 4.25. The van der Waals surface area contributed by atoms with Crippen molar-refractivity contribution in [3.05, 3.63) is 12.3 Å². The Balaban J connectivity index is 5.17. The lowest BCUT2D eigenvalue weighted by Gasteiger charge is -2.19. The summed E-state index contributed by atoms with van der Waals surface area (Å²) in [6, 6.07) is 0. The van der Waals surface area contributed by atoms with Crippen molar-refractivity contribution in [1.82, 2.24) is 0 Å². The molecule has 2 N–H and O–H groups in total. The van der Waals surface area contributed by atoms with Gasteiger partial charge in [-0.25, -0.2) is 13.7 Å². The first-order chi connectivity index (χ1) is 8.10. The number of hydrogen-bond donors (Lipinski definition) is 2. The van der Waals surface area contributed by atoms with Gasteiger partial charge in [0, 0.05) is 14.2 Å². The van der Waals surface area contributed by atoms with Crippen LogP contribution in [0, 0.1) is 0 Å². The Morgan fingerprint density at radius 1 is 0.944 bits per heavy atom.